The lowest BCUT2D eigenvalue weighted by Crippen LogP contribution is -2.29. The fraction of sp³-hybridized carbons (Fsp3) is 0.294. The predicted octanol–water partition coefficient (Wildman–Crippen LogP) is 3.59. The van der Waals surface area contributed by atoms with Crippen molar-refractivity contribution >= 4 is 11.8 Å². The van der Waals surface area contributed by atoms with Crippen LogP contribution in [0.15, 0.2) is 41.3 Å². The van der Waals surface area contributed by atoms with Crippen molar-refractivity contribution in [3.05, 3.63) is 58.7 Å². The molecule has 4 heteroatoms. The van der Waals surface area contributed by atoms with Crippen molar-refractivity contribution < 1.29 is 4.74 Å². The molecule has 1 atom stereocenters. The highest BCUT2D eigenvalue weighted by molar-refractivity contribution is 7.98. The summed E-state index contributed by atoms with van der Waals surface area (Å²) in [5.74, 6) is 6.75. The fourth-order valence-electron chi connectivity index (χ4n) is 2.56. The maximum absolute atomic E-state index is 5.86. The van der Waals surface area contributed by atoms with Crippen molar-refractivity contribution in [1.29, 1.82) is 0 Å². The lowest BCUT2D eigenvalue weighted by Gasteiger charge is -2.23. The molecule has 2 aromatic rings. The standard InChI is InChI=1S/C17H22N2OS/c1-11-9-10-14(17(20-3)12(11)2)16(19-18)13-7-5-6-8-15(13)21-4/h5-10,16,19H,18H2,1-4H3. The number of hydrogen-bond acceptors (Lipinski definition) is 4. The smallest absolute Gasteiger partial charge is 0.127 e. The van der Waals surface area contributed by atoms with E-state index < -0.39 is 0 Å². The van der Waals surface area contributed by atoms with Crippen LogP contribution in [0.1, 0.15) is 28.3 Å². The van der Waals surface area contributed by atoms with Crippen LogP contribution in [0.2, 0.25) is 0 Å². The predicted molar refractivity (Wildman–Crippen MR) is 89.9 cm³/mol. The summed E-state index contributed by atoms with van der Waals surface area (Å²) >= 11 is 1.72. The summed E-state index contributed by atoms with van der Waals surface area (Å²) in [5, 5.41) is 0. The average Bonchev–Trinajstić information content (AvgIpc) is 2.52. The van der Waals surface area contributed by atoms with Gasteiger partial charge < -0.3 is 4.74 Å². The summed E-state index contributed by atoms with van der Waals surface area (Å²) in [6.07, 6.45) is 2.07. The fourth-order valence-corrected chi connectivity index (χ4v) is 3.20. The molecule has 0 saturated carbocycles. The van der Waals surface area contributed by atoms with Crippen molar-refractivity contribution in [2.45, 2.75) is 24.8 Å². The van der Waals surface area contributed by atoms with Gasteiger partial charge >= 0.3 is 0 Å². The molecule has 2 rings (SSSR count). The Bertz CT molecular complexity index is 628. The number of nitrogens with two attached hydrogens (primary N) is 1. The first-order chi connectivity index (χ1) is 10.1. The van der Waals surface area contributed by atoms with E-state index in [9.17, 15) is 0 Å². The van der Waals surface area contributed by atoms with Gasteiger partial charge in [-0.05, 0) is 42.9 Å². The molecule has 0 aromatic heterocycles. The minimum Gasteiger partial charge on any atom is -0.496 e. The normalized spacial score (nSPS) is 12.2. The zero-order valence-corrected chi connectivity index (χ0v) is 13.8. The summed E-state index contributed by atoms with van der Waals surface area (Å²) in [6.45, 7) is 4.16. The van der Waals surface area contributed by atoms with Crippen molar-refractivity contribution in [2.75, 3.05) is 13.4 Å². The number of rotatable bonds is 5. The summed E-state index contributed by atoms with van der Waals surface area (Å²) in [4.78, 5) is 1.21. The van der Waals surface area contributed by atoms with Crippen LogP contribution in [-0.4, -0.2) is 13.4 Å². The molecule has 3 nitrogen and oxygen atoms in total. The Hall–Kier alpha value is -1.49. The van der Waals surface area contributed by atoms with Crippen LogP contribution in [0, 0.1) is 13.8 Å². The van der Waals surface area contributed by atoms with E-state index in [0.29, 0.717) is 0 Å². The quantitative estimate of drug-likeness (QED) is 0.503. The summed E-state index contributed by atoms with van der Waals surface area (Å²) in [7, 11) is 1.71. The summed E-state index contributed by atoms with van der Waals surface area (Å²) in [6, 6.07) is 12.4. The van der Waals surface area contributed by atoms with Gasteiger partial charge in [-0.3, -0.25) is 5.84 Å². The van der Waals surface area contributed by atoms with E-state index in [-0.39, 0.29) is 6.04 Å². The minimum absolute atomic E-state index is 0.0945. The number of hydrazine groups is 1. The van der Waals surface area contributed by atoms with Crippen molar-refractivity contribution in [1.82, 2.24) is 5.43 Å². The maximum Gasteiger partial charge on any atom is 0.127 e. The SMILES string of the molecule is COc1c(C(NN)c2ccccc2SC)ccc(C)c1C. The number of thioether (sulfide) groups is 1. The van der Waals surface area contributed by atoms with E-state index in [0.717, 1.165) is 22.4 Å². The van der Waals surface area contributed by atoms with Gasteiger partial charge in [0.2, 0.25) is 0 Å². The average molecular weight is 302 g/mol. The Labute approximate surface area is 130 Å². The topological polar surface area (TPSA) is 47.3 Å². The molecular formula is C17H22N2OS. The Kier molecular flexibility index (Phi) is 5.28. The molecule has 2 aromatic carbocycles. The lowest BCUT2D eigenvalue weighted by molar-refractivity contribution is 0.400. The Morgan fingerprint density at radius 1 is 1.10 bits per heavy atom. The first-order valence-electron chi connectivity index (χ1n) is 6.87. The zero-order valence-electron chi connectivity index (χ0n) is 12.9. The van der Waals surface area contributed by atoms with Gasteiger partial charge in [0, 0.05) is 10.5 Å². The van der Waals surface area contributed by atoms with Gasteiger partial charge in [-0.25, -0.2) is 5.43 Å². The molecule has 0 aliphatic carbocycles. The van der Waals surface area contributed by atoms with Gasteiger partial charge in [0.05, 0.1) is 13.2 Å². The number of methoxy groups -OCH3 is 1. The molecule has 0 aliphatic rings. The van der Waals surface area contributed by atoms with E-state index in [1.807, 2.05) is 12.1 Å². The molecule has 0 bridgehead atoms. The molecule has 3 N–H and O–H groups in total. The molecular weight excluding hydrogens is 280 g/mol. The Morgan fingerprint density at radius 3 is 2.43 bits per heavy atom. The molecule has 112 valence electrons. The first-order valence-corrected chi connectivity index (χ1v) is 8.09. The third kappa shape index (κ3) is 3.07. The molecule has 0 spiro atoms. The molecule has 1 unspecified atom stereocenters. The van der Waals surface area contributed by atoms with E-state index in [2.05, 4.69) is 49.8 Å². The number of nitrogens with one attached hydrogen (secondary N) is 1. The largest absolute Gasteiger partial charge is 0.496 e. The van der Waals surface area contributed by atoms with Crippen molar-refractivity contribution in [2.24, 2.45) is 5.84 Å². The van der Waals surface area contributed by atoms with Gasteiger partial charge in [-0.2, -0.15) is 0 Å². The van der Waals surface area contributed by atoms with Crippen LogP contribution in [0.5, 0.6) is 5.75 Å². The second kappa shape index (κ2) is 6.98. The molecule has 0 aliphatic heterocycles. The highest BCUT2D eigenvalue weighted by Gasteiger charge is 2.21. The summed E-state index contributed by atoms with van der Waals surface area (Å²) in [5.41, 5.74) is 7.52. The minimum atomic E-state index is -0.0945. The van der Waals surface area contributed by atoms with Gasteiger partial charge in [-0.15, -0.1) is 11.8 Å². The third-order valence-corrected chi connectivity index (χ3v) is 4.65. The molecule has 0 saturated heterocycles. The van der Waals surface area contributed by atoms with Crippen LogP contribution < -0.4 is 16.0 Å². The number of hydrogen-bond donors (Lipinski definition) is 2. The second-order valence-electron chi connectivity index (χ2n) is 4.97. The monoisotopic (exact) mass is 302 g/mol. The van der Waals surface area contributed by atoms with Crippen molar-refractivity contribution in [3.63, 3.8) is 0 Å². The number of aryl methyl sites for hydroxylation is 1. The Morgan fingerprint density at radius 2 is 1.81 bits per heavy atom. The maximum atomic E-state index is 5.86. The van der Waals surface area contributed by atoms with E-state index in [1.54, 1.807) is 18.9 Å². The summed E-state index contributed by atoms with van der Waals surface area (Å²) < 4.78 is 5.63. The van der Waals surface area contributed by atoms with Crippen LogP contribution >= 0.6 is 11.8 Å². The van der Waals surface area contributed by atoms with Crippen LogP contribution in [0.4, 0.5) is 0 Å². The van der Waals surface area contributed by atoms with Gasteiger partial charge in [0.25, 0.3) is 0 Å². The van der Waals surface area contributed by atoms with Crippen LogP contribution in [-0.2, 0) is 0 Å². The van der Waals surface area contributed by atoms with Crippen LogP contribution in [0.25, 0.3) is 0 Å². The van der Waals surface area contributed by atoms with Gasteiger partial charge in [0.1, 0.15) is 5.75 Å². The van der Waals surface area contributed by atoms with Crippen molar-refractivity contribution in [3.8, 4) is 5.75 Å². The number of ether oxygens (including phenoxy) is 1. The molecule has 21 heavy (non-hydrogen) atoms. The van der Waals surface area contributed by atoms with E-state index in [4.69, 9.17) is 10.6 Å². The molecule has 0 amide bonds. The van der Waals surface area contributed by atoms with Crippen LogP contribution in [0.3, 0.4) is 0 Å². The van der Waals surface area contributed by atoms with E-state index in [1.165, 1.54) is 10.5 Å². The lowest BCUT2D eigenvalue weighted by atomic mass is 9.94. The van der Waals surface area contributed by atoms with Gasteiger partial charge in [0.15, 0.2) is 0 Å². The van der Waals surface area contributed by atoms with E-state index >= 15 is 0 Å². The first kappa shape index (κ1) is 15.9. The molecule has 0 heterocycles. The highest BCUT2D eigenvalue weighted by Crippen LogP contribution is 2.36. The molecule has 0 fully saturated rings. The number of benzene rings is 2. The highest BCUT2D eigenvalue weighted by atomic mass is 32.2. The van der Waals surface area contributed by atoms with Gasteiger partial charge in [-0.1, -0.05) is 30.3 Å². The second-order valence-corrected chi connectivity index (χ2v) is 5.82. The third-order valence-electron chi connectivity index (χ3n) is 3.84. The Balaban J connectivity index is 2.59. The molecule has 0 radical (unpaired) electrons. The zero-order chi connectivity index (χ0) is 15.4.